The van der Waals surface area contributed by atoms with Crippen molar-refractivity contribution in [3.8, 4) is 0 Å². The summed E-state index contributed by atoms with van der Waals surface area (Å²) in [7, 11) is 3.67. The largest absolute Gasteiger partial charge is 0.490 e. The lowest BCUT2D eigenvalue weighted by Gasteiger charge is -2.32. The molecule has 0 bridgehead atoms. The summed E-state index contributed by atoms with van der Waals surface area (Å²) in [6.45, 7) is 2.68. The number of alkyl halides is 6. The quantitative estimate of drug-likeness (QED) is 0.576. The number of fused-ring (bicyclic) bond motifs is 1. The average Bonchev–Trinajstić information content (AvgIpc) is 3.11. The fourth-order valence-corrected chi connectivity index (χ4v) is 3.16. The Morgan fingerprint density at radius 1 is 1.06 bits per heavy atom. The number of carboxylic acids is 2. The van der Waals surface area contributed by atoms with Crippen molar-refractivity contribution >= 4 is 11.9 Å². The molecule has 2 heterocycles. The second kappa shape index (κ2) is 12.6. The molecule has 0 fully saturated rings. The number of benzene rings is 1. The number of methoxy groups -OCH3 is 1. The van der Waals surface area contributed by atoms with Crippen molar-refractivity contribution in [1.29, 1.82) is 0 Å². The highest BCUT2D eigenvalue weighted by Crippen LogP contribution is 2.28. The molecule has 1 aromatic heterocycles. The van der Waals surface area contributed by atoms with Crippen LogP contribution in [0, 0.1) is 11.6 Å². The number of hydrogen-bond donors (Lipinski definition) is 2. The van der Waals surface area contributed by atoms with Crippen molar-refractivity contribution in [2.75, 3.05) is 20.3 Å². The predicted molar refractivity (Wildman–Crippen MR) is 106 cm³/mol. The van der Waals surface area contributed by atoms with Crippen LogP contribution in [0.15, 0.2) is 24.5 Å². The predicted octanol–water partition coefficient (Wildman–Crippen LogP) is 3.71. The van der Waals surface area contributed by atoms with Gasteiger partial charge in [0.05, 0.1) is 18.6 Å². The second-order valence-electron chi connectivity index (χ2n) is 7.36. The number of halogens is 8. The minimum absolute atomic E-state index is 0.228. The number of aromatic nitrogens is 2. The number of hydrogen-bond acceptors (Lipinski definition) is 5. The van der Waals surface area contributed by atoms with E-state index in [9.17, 15) is 35.1 Å². The zero-order chi connectivity index (χ0) is 27.8. The number of aliphatic carboxylic acids is 2. The van der Waals surface area contributed by atoms with Gasteiger partial charge in [-0.2, -0.15) is 26.3 Å². The summed E-state index contributed by atoms with van der Waals surface area (Å²) in [6.07, 6.45) is -8.35. The van der Waals surface area contributed by atoms with Gasteiger partial charge in [0.15, 0.2) is 11.6 Å². The Labute approximate surface area is 198 Å². The van der Waals surface area contributed by atoms with Crippen LogP contribution in [0.4, 0.5) is 35.1 Å². The number of rotatable bonds is 4. The highest BCUT2D eigenvalue weighted by atomic mass is 19.4. The molecule has 202 valence electrons. The van der Waals surface area contributed by atoms with E-state index in [2.05, 4.69) is 9.88 Å². The first-order valence-corrected chi connectivity index (χ1v) is 9.72. The first-order valence-electron chi connectivity index (χ1n) is 9.72. The molecule has 1 atom stereocenters. The molecule has 2 aromatic rings. The first-order chi connectivity index (χ1) is 16.5. The van der Waals surface area contributed by atoms with Gasteiger partial charge in [0, 0.05) is 45.4 Å². The van der Waals surface area contributed by atoms with Crippen molar-refractivity contribution in [2.45, 2.75) is 31.4 Å². The van der Waals surface area contributed by atoms with Crippen molar-refractivity contribution < 1.29 is 59.7 Å². The Hall–Kier alpha value is -3.27. The summed E-state index contributed by atoms with van der Waals surface area (Å²) in [5.41, 5.74) is 2.98. The van der Waals surface area contributed by atoms with E-state index in [-0.39, 0.29) is 5.92 Å². The van der Waals surface area contributed by atoms with Gasteiger partial charge in [-0.3, -0.25) is 4.90 Å². The molecular formula is C20H21F8N3O5. The van der Waals surface area contributed by atoms with Crippen molar-refractivity contribution in [3.63, 3.8) is 0 Å². The maximum atomic E-state index is 13.3. The summed E-state index contributed by atoms with van der Waals surface area (Å²) < 4.78 is 97.2. The molecule has 1 aliphatic heterocycles. The van der Waals surface area contributed by atoms with Crippen LogP contribution in [0.5, 0.6) is 0 Å². The third-order valence-corrected chi connectivity index (χ3v) is 4.54. The van der Waals surface area contributed by atoms with E-state index < -0.39 is 35.9 Å². The number of carboxylic acid groups (broad SMARTS) is 2. The number of ether oxygens (including phenoxy) is 1. The monoisotopic (exact) mass is 535 g/mol. The molecule has 1 unspecified atom stereocenters. The van der Waals surface area contributed by atoms with Gasteiger partial charge in [-0.05, 0) is 17.7 Å². The molecule has 0 saturated carbocycles. The lowest BCUT2D eigenvalue weighted by atomic mass is 9.98. The average molecular weight is 535 g/mol. The maximum absolute atomic E-state index is 13.3. The minimum Gasteiger partial charge on any atom is -0.475 e. The van der Waals surface area contributed by atoms with Crippen molar-refractivity contribution in [3.05, 3.63) is 53.1 Å². The van der Waals surface area contributed by atoms with E-state index in [1.165, 1.54) is 17.8 Å². The minimum atomic E-state index is -5.08. The van der Waals surface area contributed by atoms with Crippen LogP contribution in [0.3, 0.4) is 0 Å². The van der Waals surface area contributed by atoms with Gasteiger partial charge in [0.1, 0.15) is 0 Å². The molecule has 2 N–H and O–H groups in total. The Balaban J connectivity index is 0.000000383. The van der Waals surface area contributed by atoms with E-state index in [0.717, 1.165) is 17.8 Å². The SMILES string of the molecule is COCC1CN(Cc2ccc(F)c(F)c2)Cc2ncn(C)c21.O=C(O)C(F)(F)F.O=C(O)C(F)(F)F. The number of aryl methyl sites for hydroxylation is 1. The van der Waals surface area contributed by atoms with E-state index in [1.54, 1.807) is 13.2 Å². The summed E-state index contributed by atoms with van der Waals surface area (Å²) in [5.74, 6) is -6.90. The normalized spacial score (nSPS) is 15.7. The molecule has 1 aliphatic rings. The van der Waals surface area contributed by atoms with E-state index in [0.29, 0.717) is 19.7 Å². The molecule has 8 nitrogen and oxygen atoms in total. The third-order valence-electron chi connectivity index (χ3n) is 4.54. The zero-order valence-corrected chi connectivity index (χ0v) is 18.7. The third kappa shape index (κ3) is 9.41. The van der Waals surface area contributed by atoms with Gasteiger partial charge < -0.3 is 19.5 Å². The standard InChI is InChI=1S/C16H19F2N3O.2C2HF3O2/c1-20-10-19-15-8-21(7-12(9-22-2)16(15)20)6-11-3-4-13(17)14(18)5-11;2*3-2(4,5)1(6)7/h3-5,10,12H,6-9H2,1-2H3;2*(H,6,7). The van der Waals surface area contributed by atoms with E-state index in [1.807, 2.05) is 17.9 Å². The fourth-order valence-electron chi connectivity index (χ4n) is 3.16. The molecule has 0 saturated heterocycles. The smallest absolute Gasteiger partial charge is 0.475 e. The van der Waals surface area contributed by atoms with Crippen LogP contribution in [-0.2, 0) is 34.5 Å². The molecule has 36 heavy (non-hydrogen) atoms. The summed E-state index contributed by atoms with van der Waals surface area (Å²) in [6, 6.07) is 4.06. The molecule has 0 radical (unpaired) electrons. The van der Waals surface area contributed by atoms with Crippen LogP contribution in [0.25, 0.3) is 0 Å². The van der Waals surface area contributed by atoms with Gasteiger partial charge in [0.25, 0.3) is 0 Å². The van der Waals surface area contributed by atoms with E-state index >= 15 is 0 Å². The van der Waals surface area contributed by atoms with Gasteiger partial charge in [0.2, 0.25) is 0 Å². The lowest BCUT2D eigenvalue weighted by Crippen LogP contribution is -2.35. The van der Waals surface area contributed by atoms with Crippen molar-refractivity contribution in [2.24, 2.45) is 7.05 Å². The van der Waals surface area contributed by atoms with Gasteiger partial charge in [-0.1, -0.05) is 6.07 Å². The topological polar surface area (TPSA) is 105 Å². The molecule has 3 rings (SSSR count). The fraction of sp³-hybridized carbons (Fsp3) is 0.450. The number of imidazole rings is 1. The van der Waals surface area contributed by atoms with Crippen molar-refractivity contribution in [1.82, 2.24) is 14.5 Å². The molecule has 16 heteroatoms. The highest BCUT2D eigenvalue weighted by molar-refractivity contribution is 5.73. The first kappa shape index (κ1) is 30.8. The number of nitrogens with zero attached hydrogens (tertiary/aromatic N) is 3. The maximum Gasteiger partial charge on any atom is 0.490 e. The Morgan fingerprint density at radius 2 is 1.58 bits per heavy atom. The molecular weight excluding hydrogens is 514 g/mol. The van der Waals surface area contributed by atoms with Crippen LogP contribution < -0.4 is 0 Å². The van der Waals surface area contributed by atoms with Gasteiger partial charge in [-0.15, -0.1) is 0 Å². The summed E-state index contributed by atoms with van der Waals surface area (Å²) in [4.78, 5) is 24.4. The Kier molecular flexibility index (Phi) is 10.8. The highest BCUT2D eigenvalue weighted by Gasteiger charge is 2.38. The second-order valence-corrected chi connectivity index (χ2v) is 7.36. The van der Waals surface area contributed by atoms with Crippen LogP contribution in [-0.4, -0.2) is 69.2 Å². The van der Waals surface area contributed by atoms with E-state index in [4.69, 9.17) is 24.5 Å². The molecule has 0 aliphatic carbocycles. The molecule has 1 aromatic carbocycles. The van der Waals surface area contributed by atoms with Crippen LogP contribution in [0.2, 0.25) is 0 Å². The Morgan fingerprint density at radius 3 is 2.03 bits per heavy atom. The molecule has 0 amide bonds. The summed E-state index contributed by atoms with van der Waals surface area (Å²) >= 11 is 0. The van der Waals surface area contributed by atoms with Crippen LogP contribution in [0.1, 0.15) is 22.9 Å². The van der Waals surface area contributed by atoms with Gasteiger partial charge in [-0.25, -0.2) is 23.4 Å². The van der Waals surface area contributed by atoms with Gasteiger partial charge >= 0.3 is 24.3 Å². The summed E-state index contributed by atoms with van der Waals surface area (Å²) in [5, 5.41) is 14.2. The van der Waals surface area contributed by atoms with Crippen LogP contribution >= 0.6 is 0 Å². The number of carbonyl (C=O) groups is 2. The molecule has 0 spiro atoms. The Bertz CT molecular complexity index is 1020. The lowest BCUT2D eigenvalue weighted by molar-refractivity contribution is -0.193. The zero-order valence-electron chi connectivity index (χ0n) is 18.7.